The first-order chi connectivity index (χ1) is 11.9. The third-order valence-electron chi connectivity index (χ3n) is 4.69. The van der Waals surface area contributed by atoms with Gasteiger partial charge in [0.2, 0.25) is 0 Å². The van der Waals surface area contributed by atoms with Gasteiger partial charge in [-0.2, -0.15) is 18.4 Å². The van der Waals surface area contributed by atoms with Gasteiger partial charge < -0.3 is 4.74 Å². The van der Waals surface area contributed by atoms with Crippen LogP contribution in [0.2, 0.25) is 0 Å². The number of hydrogen-bond donors (Lipinski definition) is 0. The second kappa shape index (κ2) is 6.75. The monoisotopic (exact) mass is 347 g/mol. The van der Waals surface area contributed by atoms with Crippen LogP contribution in [-0.4, -0.2) is 18.6 Å². The number of carbonyl (C=O) groups excluding carboxylic acids is 1. The highest BCUT2D eigenvalue weighted by Crippen LogP contribution is 2.39. The lowest BCUT2D eigenvalue weighted by atomic mass is 9.87. The number of ether oxygens (including phenoxy) is 1. The molecule has 2 aromatic carbocycles. The normalized spacial score (nSPS) is 20.9. The average Bonchev–Trinajstić information content (AvgIpc) is 2.60. The van der Waals surface area contributed by atoms with Crippen LogP contribution in [0, 0.1) is 17.2 Å². The number of aldehydes is 1. The average molecular weight is 347 g/mol. The van der Waals surface area contributed by atoms with Crippen molar-refractivity contribution in [2.24, 2.45) is 5.92 Å². The fourth-order valence-electron chi connectivity index (χ4n) is 3.29. The Kier molecular flexibility index (Phi) is 4.67. The number of halogens is 3. The van der Waals surface area contributed by atoms with Gasteiger partial charge in [0.05, 0.1) is 12.0 Å². The molecule has 0 amide bonds. The smallest absolute Gasteiger partial charge is 0.391 e. The summed E-state index contributed by atoms with van der Waals surface area (Å²) in [7, 11) is 0. The molecule has 130 valence electrons. The molecule has 0 aromatic heterocycles. The number of fused-ring (bicyclic) bond motifs is 1. The fraction of sp³-hybridized carbons (Fsp3) is 0.368. The second-order valence-corrected chi connectivity index (χ2v) is 6.28. The highest BCUT2D eigenvalue weighted by Gasteiger charge is 2.41. The summed E-state index contributed by atoms with van der Waals surface area (Å²) in [5.74, 6) is -0.914. The van der Waals surface area contributed by atoms with Crippen LogP contribution in [-0.2, 0) is 0 Å². The molecule has 1 aliphatic carbocycles. The molecule has 1 aliphatic rings. The minimum Gasteiger partial charge on any atom is -0.489 e. The minimum atomic E-state index is -4.16. The molecule has 25 heavy (non-hydrogen) atoms. The van der Waals surface area contributed by atoms with Crippen LogP contribution in [0.5, 0.6) is 5.75 Å². The molecule has 6 heteroatoms. The van der Waals surface area contributed by atoms with Crippen molar-refractivity contribution in [3.05, 3.63) is 41.5 Å². The van der Waals surface area contributed by atoms with Gasteiger partial charge in [-0.25, -0.2) is 0 Å². The Morgan fingerprint density at radius 2 is 1.80 bits per heavy atom. The second-order valence-electron chi connectivity index (χ2n) is 6.28. The van der Waals surface area contributed by atoms with E-state index in [1.807, 2.05) is 0 Å². The highest BCUT2D eigenvalue weighted by atomic mass is 19.4. The Morgan fingerprint density at radius 3 is 2.40 bits per heavy atom. The summed E-state index contributed by atoms with van der Waals surface area (Å²) in [5, 5.41) is 10.9. The predicted octanol–water partition coefficient (Wildman–Crippen LogP) is 5.02. The molecule has 0 heterocycles. The van der Waals surface area contributed by atoms with Gasteiger partial charge in [0, 0.05) is 10.9 Å². The van der Waals surface area contributed by atoms with Gasteiger partial charge in [-0.15, -0.1) is 0 Å². The van der Waals surface area contributed by atoms with Crippen LogP contribution >= 0.6 is 0 Å². The summed E-state index contributed by atoms with van der Waals surface area (Å²) < 4.78 is 44.1. The largest absolute Gasteiger partial charge is 0.489 e. The first-order valence-corrected chi connectivity index (χ1v) is 8.08. The molecular formula is C19H16F3NO2. The van der Waals surface area contributed by atoms with Gasteiger partial charge >= 0.3 is 6.18 Å². The third-order valence-corrected chi connectivity index (χ3v) is 4.69. The molecule has 0 aliphatic heterocycles. The number of alkyl halides is 3. The summed E-state index contributed by atoms with van der Waals surface area (Å²) in [6.45, 7) is 0. The van der Waals surface area contributed by atoms with Gasteiger partial charge in [0.15, 0.2) is 0 Å². The van der Waals surface area contributed by atoms with Crippen molar-refractivity contribution in [3.63, 3.8) is 0 Å². The van der Waals surface area contributed by atoms with Crippen LogP contribution in [0.3, 0.4) is 0 Å². The Labute approximate surface area is 143 Å². The van der Waals surface area contributed by atoms with E-state index in [0.717, 1.165) is 5.39 Å². The molecule has 0 unspecified atom stereocenters. The van der Waals surface area contributed by atoms with Crippen molar-refractivity contribution >= 4 is 17.1 Å². The van der Waals surface area contributed by atoms with Gasteiger partial charge in [0.25, 0.3) is 0 Å². The molecule has 2 aromatic rings. The molecule has 0 radical (unpaired) electrons. The van der Waals surface area contributed by atoms with E-state index in [0.29, 0.717) is 41.4 Å². The molecule has 0 bridgehead atoms. The summed E-state index contributed by atoms with van der Waals surface area (Å²) >= 11 is 0. The number of benzene rings is 2. The maximum Gasteiger partial charge on any atom is 0.391 e. The minimum absolute atomic E-state index is 0.0406. The quantitative estimate of drug-likeness (QED) is 0.732. The molecular weight excluding hydrogens is 331 g/mol. The zero-order chi connectivity index (χ0) is 18.0. The van der Waals surface area contributed by atoms with E-state index in [2.05, 4.69) is 6.07 Å². The summed E-state index contributed by atoms with van der Waals surface area (Å²) in [6, 6.07) is 10.6. The molecule has 0 atom stereocenters. The number of nitrogens with zero attached hydrogens (tertiary/aromatic N) is 1. The molecule has 0 spiro atoms. The molecule has 0 N–H and O–H groups in total. The summed E-state index contributed by atoms with van der Waals surface area (Å²) in [6.07, 6.45) is -3.10. The fourth-order valence-corrected chi connectivity index (χ4v) is 3.29. The lowest BCUT2D eigenvalue weighted by Crippen LogP contribution is -2.32. The zero-order valence-corrected chi connectivity index (χ0v) is 13.3. The Bertz CT molecular complexity index is 831. The van der Waals surface area contributed by atoms with Crippen LogP contribution in [0.25, 0.3) is 10.8 Å². The lowest BCUT2D eigenvalue weighted by molar-refractivity contribution is -0.185. The summed E-state index contributed by atoms with van der Waals surface area (Å²) in [5.41, 5.74) is 0.756. The highest BCUT2D eigenvalue weighted by molar-refractivity contribution is 5.94. The van der Waals surface area contributed by atoms with E-state index in [4.69, 9.17) is 4.74 Å². The van der Waals surface area contributed by atoms with E-state index in [1.54, 1.807) is 30.3 Å². The third kappa shape index (κ3) is 3.60. The first kappa shape index (κ1) is 17.3. The number of rotatable bonds is 3. The Hall–Kier alpha value is -2.55. The van der Waals surface area contributed by atoms with Crippen LogP contribution in [0.1, 0.15) is 41.6 Å². The zero-order valence-electron chi connectivity index (χ0n) is 13.3. The molecule has 3 rings (SSSR count). The van der Waals surface area contributed by atoms with Crippen molar-refractivity contribution in [1.29, 1.82) is 5.26 Å². The van der Waals surface area contributed by atoms with Crippen molar-refractivity contribution in [2.75, 3.05) is 0 Å². The van der Waals surface area contributed by atoms with Crippen molar-refractivity contribution < 1.29 is 22.7 Å². The molecule has 1 fully saturated rings. The van der Waals surface area contributed by atoms with Gasteiger partial charge in [-0.05, 0) is 43.2 Å². The number of nitriles is 1. The number of hydrogen-bond acceptors (Lipinski definition) is 3. The standard InChI is InChI=1S/C19H16F3NO2/c20-19(21,22)14-4-6-15(7-5-14)25-18-8-3-13-2-1-12(11-24)9-16(13)17(18)10-23/h1-3,8-9,11,14-15H,4-7H2/t14-,15+. The van der Waals surface area contributed by atoms with Crippen LogP contribution in [0.4, 0.5) is 13.2 Å². The molecule has 1 saturated carbocycles. The van der Waals surface area contributed by atoms with E-state index >= 15 is 0 Å². The van der Waals surface area contributed by atoms with E-state index in [-0.39, 0.29) is 18.9 Å². The van der Waals surface area contributed by atoms with Crippen molar-refractivity contribution in [2.45, 2.75) is 38.0 Å². The lowest BCUT2D eigenvalue weighted by Gasteiger charge is -2.30. The molecule has 0 saturated heterocycles. The Balaban J connectivity index is 1.83. The van der Waals surface area contributed by atoms with E-state index in [9.17, 15) is 23.2 Å². The summed E-state index contributed by atoms with van der Waals surface area (Å²) in [4.78, 5) is 11.0. The maximum atomic E-state index is 12.7. The van der Waals surface area contributed by atoms with Gasteiger partial charge in [0.1, 0.15) is 23.7 Å². The Morgan fingerprint density at radius 1 is 1.12 bits per heavy atom. The predicted molar refractivity (Wildman–Crippen MR) is 86.5 cm³/mol. The van der Waals surface area contributed by atoms with Crippen LogP contribution < -0.4 is 4.74 Å². The maximum absolute atomic E-state index is 12.7. The van der Waals surface area contributed by atoms with Gasteiger partial charge in [-0.1, -0.05) is 18.2 Å². The number of carbonyl (C=O) groups is 1. The molecule has 3 nitrogen and oxygen atoms in total. The van der Waals surface area contributed by atoms with Crippen molar-refractivity contribution in [3.8, 4) is 11.8 Å². The van der Waals surface area contributed by atoms with Crippen molar-refractivity contribution in [1.82, 2.24) is 0 Å². The topological polar surface area (TPSA) is 50.1 Å². The van der Waals surface area contributed by atoms with Gasteiger partial charge in [-0.3, -0.25) is 4.79 Å². The first-order valence-electron chi connectivity index (χ1n) is 8.08. The SMILES string of the molecule is N#Cc1c(O[C@H]2CC[C@@H](C(F)(F)F)CC2)ccc2ccc(C=O)cc12. The van der Waals surface area contributed by atoms with E-state index in [1.165, 1.54) is 0 Å². The van der Waals surface area contributed by atoms with E-state index < -0.39 is 12.1 Å². The van der Waals surface area contributed by atoms with Crippen LogP contribution in [0.15, 0.2) is 30.3 Å².